The highest BCUT2D eigenvalue weighted by molar-refractivity contribution is 7.80. The first-order chi connectivity index (χ1) is 15.0. The third-order valence-corrected chi connectivity index (χ3v) is 6.30. The fourth-order valence-electron chi connectivity index (χ4n) is 4.46. The topological polar surface area (TPSA) is 65.1 Å². The number of anilines is 3. The van der Waals surface area contributed by atoms with Crippen LogP contribution in [0.3, 0.4) is 0 Å². The van der Waals surface area contributed by atoms with Crippen LogP contribution in [0.2, 0.25) is 0 Å². The zero-order valence-corrected chi connectivity index (χ0v) is 19.1. The van der Waals surface area contributed by atoms with E-state index in [1.54, 1.807) is 12.1 Å². The van der Waals surface area contributed by atoms with Crippen molar-refractivity contribution in [3.8, 4) is 0 Å². The van der Waals surface area contributed by atoms with Crippen LogP contribution in [-0.2, 0) is 12.8 Å². The van der Waals surface area contributed by atoms with Crippen LogP contribution in [-0.4, -0.2) is 41.3 Å². The number of benzene rings is 1. The monoisotopic (exact) mass is 442 g/mol. The fourth-order valence-corrected chi connectivity index (χ4v) is 4.74. The molecule has 0 atom stereocenters. The van der Waals surface area contributed by atoms with Gasteiger partial charge in [0.05, 0.1) is 5.69 Å². The molecule has 31 heavy (non-hydrogen) atoms. The van der Waals surface area contributed by atoms with Gasteiger partial charge in [-0.1, -0.05) is 0 Å². The Morgan fingerprint density at radius 3 is 2.39 bits per heavy atom. The number of nitrogens with one attached hydrogen (secondary N) is 3. The van der Waals surface area contributed by atoms with Gasteiger partial charge in [0.15, 0.2) is 5.11 Å². The van der Waals surface area contributed by atoms with Gasteiger partial charge in [0, 0.05) is 37.4 Å². The average Bonchev–Trinajstić information content (AvgIpc) is 2.76. The van der Waals surface area contributed by atoms with Crippen LogP contribution in [0.4, 0.5) is 21.8 Å². The minimum atomic E-state index is -0.254. The zero-order chi connectivity index (χ0) is 21.8. The highest BCUT2D eigenvalue weighted by Crippen LogP contribution is 2.29. The Hall–Kier alpha value is -2.48. The van der Waals surface area contributed by atoms with E-state index in [1.165, 1.54) is 36.2 Å². The molecule has 3 N–H and O–H groups in total. The molecule has 6 nitrogen and oxygen atoms in total. The summed E-state index contributed by atoms with van der Waals surface area (Å²) in [5.74, 6) is 1.56. The van der Waals surface area contributed by atoms with Gasteiger partial charge in [-0.05, 0) is 87.8 Å². The molecule has 0 amide bonds. The molecule has 2 aromatic rings. The summed E-state index contributed by atoms with van der Waals surface area (Å²) in [6.45, 7) is 0. The molecule has 0 unspecified atom stereocenters. The number of halogens is 1. The SMILES string of the molecule is CN(C)c1nc(NC2CCC(NC(=S)Nc3ccc(F)cc3)CC2)nc2c1CCCC2. The van der Waals surface area contributed by atoms with E-state index < -0.39 is 0 Å². The van der Waals surface area contributed by atoms with E-state index in [2.05, 4.69) is 34.9 Å². The normalized spacial score (nSPS) is 20.5. The number of aromatic nitrogens is 2. The molecule has 8 heteroatoms. The van der Waals surface area contributed by atoms with Crippen LogP contribution in [0, 0.1) is 5.82 Å². The number of rotatable bonds is 5. The quantitative estimate of drug-likeness (QED) is 0.598. The number of hydrogen-bond donors (Lipinski definition) is 3. The van der Waals surface area contributed by atoms with E-state index >= 15 is 0 Å². The van der Waals surface area contributed by atoms with E-state index in [4.69, 9.17) is 22.2 Å². The molecular weight excluding hydrogens is 411 g/mol. The minimum absolute atomic E-state index is 0.254. The maximum Gasteiger partial charge on any atom is 0.225 e. The summed E-state index contributed by atoms with van der Waals surface area (Å²) in [6.07, 6.45) is 8.66. The summed E-state index contributed by atoms with van der Waals surface area (Å²) >= 11 is 5.42. The number of nitrogens with zero attached hydrogens (tertiary/aromatic N) is 3. The Kier molecular flexibility index (Phi) is 6.85. The van der Waals surface area contributed by atoms with Crippen LogP contribution < -0.4 is 20.9 Å². The highest BCUT2D eigenvalue weighted by Gasteiger charge is 2.24. The fraction of sp³-hybridized carbons (Fsp3) is 0.522. The predicted molar refractivity (Wildman–Crippen MR) is 128 cm³/mol. The zero-order valence-electron chi connectivity index (χ0n) is 18.2. The molecule has 2 aliphatic carbocycles. The first-order valence-electron chi connectivity index (χ1n) is 11.1. The van der Waals surface area contributed by atoms with Gasteiger partial charge in [-0.3, -0.25) is 0 Å². The van der Waals surface area contributed by atoms with Gasteiger partial charge >= 0.3 is 0 Å². The lowest BCUT2D eigenvalue weighted by Crippen LogP contribution is -2.42. The summed E-state index contributed by atoms with van der Waals surface area (Å²) in [7, 11) is 4.11. The Morgan fingerprint density at radius 2 is 1.68 bits per heavy atom. The van der Waals surface area contributed by atoms with Gasteiger partial charge < -0.3 is 20.9 Å². The van der Waals surface area contributed by atoms with Crippen molar-refractivity contribution >= 4 is 34.8 Å². The molecule has 2 aliphatic rings. The highest BCUT2D eigenvalue weighted by atomic mass is 32.1. The summed E-state index contributed by atoms with van der Waals surface area (Å²) in [5, 5.41) is 10.7. The molecule has 1 aromatic heterocycles. The summed E-state index contributed by atoms with van der Waals surface area (Å²) in [4.78, 5) is 11.8. The summed E-state index contributed by atoms with van der Waals surface area (Å²) in [6, 6.07) is 6.92. The molecule has 0 bridgehead atoms. The van der Waals surface area contributed by atoms with Gasteiger partial charge in [-0.15, -0.1) is 0 Å². The number of hydrogen-bond acceptors (Lipinski definition) is 5. The molecular formula is C23H31FN6S. The molecule has 166 valence electrons. The van der Waals surface area contributed by atoms with Crippen molar-refractivity contribution in [2.45, 2.75) is 63.5 Å². The molecule has 0 saturated heterocycles. The lowest BCUT2D eigenvalue weighted by molar-refractivity contribution is 0.387. The molecule has 0 radical (unpaired) electrons. The van der Waals surface area contributed by atoms with Gasteiger partial charge in [-0.2, -0.15) is 4.98 Å². The molecule has 0 aliphatic heterocycles. The van der Waals surface area contributed by atoms with Crippen LogP contribution in [0.25, 0.3) is 0 Å². The van der Waals surface area contributed by atoms with Crippen LogP contribution in [0.15, 0.2) is 24.3 Å². The standard InChI is InChI=1S/C23H31FN6S/c1-30(2)21-19-5-3-4-6-20(19)28-22(29-21)25-16-11-13-18(14-12-16)27-23(31)26-17-9-7-15(24)8-10-17/h7-10,16,18H,3-6,11-14H2,1-2H3,(H,25,28,29)(H2,26,27,31). The van der Waals surface area contributed by atoms with Gasteiger partial charge in [0.25, 0.3) is 0 Å². The first kappa shape index (κ1) is 21.7. The molecule has 1 aromatic carbocycles. The van der Waals surface area contributed by atoms with Gasteiger partial charge in [-0.25, -0.2) is 9.37 Å². The molecule has 1 saturated carbocycles. The smallest absolute Gasteiger partial charge is 0.225 e. The Bertz CT molecular complexity index is 909. The Balaban J connectivity index is 1.29. The van der Waals surface area contributed by atoms with Crippen molar-refractivity contribution in [1.82, 2.24) is 15.3 Å². The second-order valence-corrected chi connectivity index (χ2v) is 9.10. The Morgan fingerprint density at radius 1 is 1.00 bits per heavy atom. The number of thiocarbonyl (C=S) groups is 1. The third-order valence-electron chi connectivity index (χ3n) is 6.08. The van der Waals surface area contributed by atoms with E-state index in [-0.39, 0.29) is 5.82 Å². The van der Waals surface area contributed by atoms with Crippen LogP contribution in [0.1, 0.15) is 49.8 Å². The second-order valence-electron chi connectivity index (χ2n) is 8.70. The summed E-state index contributed by atoms with van der Waals surface area (Å²) < 4.78 is 13.0. The van der Waals surface area contributed by atoms with Crippen molar-refractivity contribution in [3.63, 3.8) is 0 Å². The van der Waals surface area contributed by atoms with Crippen molar-refractivity contribution < 1.29 is 4.39 Å². The lowest BCUT2D eigenvalue weighted by Gasteiger charge is -2.31. The van der Waals surface area contributed by atoms with E-state index in [0.717, 1.165) is 56.0 Å². The van der Waals surface area contributed by atoms with E-state index in [9.17, 15) is 4.39 Å². The van der Waals surface area contributed by atoms with Crippen molar-refractivity contribution in [2.75, 3.05) is 29.6 Å². The third kappa shape index (κ3) is 5.61. The predicted octanol–water partition coefficient (Wildman–Crippen LogP) is 4.27. The Labute approximate surface area is 189 Å². The van der Waals surface area contributed by atoms with E-state index in [0.29, 0.717) is 17.2 Å². The molecule has 0 spiro atoms. The van der Waals surface area contributed by atoms with Crippen molar-refractivity contribution in [2.24, 2.45) is 0 Å². The van der Waals surface area contributed by atoms with E-state index in [1.807, 2.05) is 0 Å². The number of fused-ring (bicyclic) bond motifs is 1. The minimum Gasteiger partial charge on any atom is -0.362 e. The molecule has 4 rings (SSSR count). The van der Waals surface area contributed by atoms with Crippen LogP contribution >= 0.6 is 12.2 Å². The van der Waals surface area contributed by atoms with Crippen LogP contribution in [0.5, 0.6) is 0 Å². The first-order valence-corrected chi connectivity index (χ1v) is 11.6. The number of aryl methyl sites for hydroxylation is 1. The second kappa shape index (κ2) is 9.77. The maximum atomic E-state index is 13.0. The van der Waals surface area contributed by atoms with Gasteiger partial charge in [0.1, 0.15) is 11.6 Å². The summed E-state index contributed by atoms with van der Waals surface area (Å²) in [5.41, 5.74) is 3.31. The molecule has 1 fully saturated rings. The van der Waals surface area contributed by atoms with Crippen molar-refractivity contribution in [1.29, 1.82) is 0 Å². The van der Waals surface area contributed by atoms with Crippen molar-refractivity contribution in [3.05, 3.63) is 41.3 Å². The largest absolute Gasteiger partial charge is 0.362 e. The lowest BCUT2D eigenvalue weighted by atomic mass is 9.91. The molecule has 1 heterocycles. The maximum absolute atomic E-state index is 13.0. The van der Waals surface area contributed by atoms with Gasteiger partial charge in [0.2, 0.25) is 5.95 Å². The average molecular weight is 443 g/mol.